The second kappa shape index (κ2) is 9.06. The molecule has 0 aromatic heterocycles. The molecule has 2 atom stereocenters. The highest BCUT2D eigenvalue weighted by Gasteiger charge is 2.15. The van der Waals surface area contributed by atoms with Gasteiger partial charge in [0.1, 0.15) is 5.75 Å². The Balaban J connectivity index is 2.99. The van der Waals surface area contributed by atoms with Crippen LogP contribution in [0.5, 0.6) is 5.75 Å². The average molecular weight is 292 g/mol. The Bertz CT molecular complexity index is 420. The van der Waals surface area contributed by atoms with Crippen molar-refractivity contribution in [2.45, 2.75) is 59.7 Å². The lowest BCUT2D eigenvalue weighted by Gasteiger charge is -2.28. The third-order valence-electron chi connectivity index (χ3n) is 4.31. The van der Waals surface area contributed by atoms with Crippen molar-refractivity contribution in [1.29, 1.82) is 0 Å². The predicted molar refractivity (Wildman–Crippen MR) is 90.9 cm³/mol. The molecule has 2 unspecified atom stereocenters. The second-order valence-corrected chi connectivity index (χ2v) is 5.67. The van der Waals surface area contributed by atoms with Gasteiger partial charge in [-0.25, -0.2) is 0 Å². The van der Waals surface area contributed by atoms with Crippen LogP contribution in [0.25, 0.3) is 0 Å². The summed E-state index contributed by atoms with van der Waals surface area (Å²) in [4.78, 5) is 2.50. The second-order valence-electron chi connectivity index (χ2n) is 5.67. The minimum absolute atomic E-state index is 0.373. The van der Waals surface area contributed by atoms with Crippen molar-refractivity contribution in [2.24, 2.45) is 0 Å². The van der Waals surface area contributed by atoms with Crippen molar-refractivity contribution in [2.75, 3.05) is 20.2 Å². The first-order valence-electron chi connectivity index (χ1n) is 8.21. The summed E-state index contributed by atoms with van der Waals surface area (Å²) in [6, 6.07) is 7.52. The molecule has 3 heteroatoms. The van der Waals surface area contributed by atoms with E-state index < -0.39 is 0 Å². The summed E-state index contributed by atoms with van der Waals surface area (Å²) in [7, 11) is 1.76. The van der Waals surface area contributed by atoms with Crippen LogP contribution < -0.4 is 10.1 Å². The molecule has 0 saturated carbocycles. The maximum atomic E-state index is 5.55. The zero-order valence-corrected chi connectivity index (χ0v) is 14.6. The Morgan fingerprint density at radius 2 is 1.90 bits per heavy atom. The van der Waals surface area contributed by atoms with Crippen LogP contribution in [0.4, 0.5) is 0 Å². The first-order chi connectivity index (χ1) is 10.1. The van der Waals surface area contributed by atoms with E-state index in [0.29, 0.717) is 12.1 Å². The van der Waals surface area contributed by atoms with E-state index in [0.717, 1.165) is 25.4 Å². The molecular weight excluding hydrogens is 260 g/mol. The van der Waals surface area contributed by atoms with Gasteiger partial charge in [0.05, 0.1) is 7.11 Å². The van der Waals surface area contributed by atoms with Crippen LogP contribution in [0.3, 0.4) is 0 Å². The number of hydrogen-bond donors (Lipinski definition) is 1. The van der Waals surface area contributed by atoms with Crippen LogP contribution in [-0.2, 0) is 6.54 Å². The molecule has 120 valence electrons. The Morgan fingerprint density at radius 3 is 2.43 bits per heavy atom. The first kappa shape index (κ1) is 18.0. The average Bonchev–Trinajstić information content (AvgIpc) is 2.51. The summed E-state index contributed by atoms with van der Waals surface area (Å²) < 4.78 is 5.55. The molecule has 0 radical (unpaired) electrons. The first-order valence-corrected chi connectivity index (χ1v) is 8.21. The molecule has 1 aromatic carbocycles. The highest BCUT2D eigenvalue weighted by molar-refractivity contribution is 5.38. The van der Waals surface area contributed by atoms with E-state index in [9.17, 15) is 0 Å². The summed E-state index contributed by atoms with van der Waals surface area (Å²) in [5, 5.41) is 3.47. The third kappa shape index (κ3) is 5.01. The monoisotopic (exact) mass is 292 g/mol. The van der Waals surface area contributed by atoms with Gasteiger partial charge in [-0.3, -0.25) is 4.90 Å². The van der Waals surface area contributed by atoms with Gasteiger partial charge in [0, 0.05) is 24.2 Å². The van der Waals surface area contributed by atoms with E-state index in [4.69, 9.17) is 4.74 Å². The molecule has 0 aliphatic heterocycles. The third-order valence-corrected chi connectivity index (χ3v) is 4.31. The molecule has 0 fully saturated rings. The molecule has 1 aromatic rings. The van der Waals surface area contributed by atoms with E-state index in [-0.39, 0.29) is 0 Å². The summed E-state index contributed by atoms with van der Waals surface area (Å²) in [5.41, 5.74) is 2.61. The van der Waals surface area contributed by atoms with E-state index in [1.165, 1.54) is 17.5 Å². The number of rotatable bonds is 9. The molecule has 0 heterocycles. The van der Waals surface area contributed by atoms with Gasteiger partial charge >= 0.3 is 0 Å². The Kier molecular flexibility index (Phi) is 7.76. The van der Waals surface area contributed by atoms with Crippen molar-refractivity contribution >= 4 is 0 Å². The molecule has 0 saturated heterocycles. The lowest BCUT2D eigenvalue weighted by atomic mass is 10.0. The van der Waals surface area contributed by atoms with Crippen molar-refractivity contribution in [3.8, 4) is 5.75 Å². The molecule has 0 spiro atoms. The van der Waals surface area contributed by atoms with Crippen molar-refractivity contribution < 1.29 is 4.74 Å². The summed E-state index contributed by atoms with van der Waals surface area (Å²) >= 11 is 0. The molecule has 0 aliphatic rings. The van der Waals surface area contributed by atoms with Crippen LogP contribution in [-0.4, -0.2) is 31.1 Å². The Morgan fingerprint density at radius 1 is 1.19 bits per heavy atom. The molecule has 3 nitrogen and oxygen atoms in total. The molecule has 0 amide bonds. The smallest absolute Gasteiger partial charge is 0.123 e. The normalized spacial score (nSPS) is 14.2. The minimum Gasteiger partial charge on any atom is -0.496 e. The molecule has 1 N–H and O–H groups in total. The fraction of sp³-hybridized carbons (Fsp3) is 0.667. The van der Waals surface area contributed by atoms with Gasteiger partial charge in [-0.2, -0.15) is 0 Å². The fourth-order valence-electron chi connectivity index (χ4n) is 2.67. The molecular formula is C18H32N2O. The van der Waals surface area contributed by atoms with Gasteiger partial charge in [0.15, 0.2) is 0 Å². The standard InChI is InChI=1S/C18H32N2O/c1-7-14(4)20(9-3)13-17-12-16(15(5)19-8-2)10-11-18(17)21-6/h10-12,14-15,19H,7-9,13H2,1-6H3. The Labute approximate surface area is 130 Å². The highest BCUT2D eigenvalue weighted by atomic mass is 16.5. The maximum absolute atomic E-state index is 5.55. The van der Waals surface area contributed by atoms with Crippen molar-refractivity contribution in [3.05, 3.63) is 29.3 Å². The van der Waals surface area contributed by atoms with Crippen LogP contribution >= 0.6 is 0 Å². The van der Waals surface area contributed by atoms with Crippen LogP contribution in [0.15, 0.2) is 18.2 Å². The van der Waals surface area contributed by atoms with Gasteiger partial charge in [-0.05, 0) is 51.1 Å². The lowest BCUT2D eigenvalue weighted by Crippen LogP contribution is -2.32. The van der Waals surface area contributed by atoms with E-state index in [2.05, 4.69) is 63.0 Å². The van der Waals surface area contributed by atoms with Gasteiger partial charge in [-0.15, -0.1) is 0 Å². The SMILES string of the molecule is CCNC(C)c1ccc(OC)c(CN(CC)C(C)CC)c1. The van der Waals surface area contributed by atoms with E-state index in [1.54, 1.807) is 7.11 Å². The summed E-state index contributed by atoms with van der Waals surface area (Å²) in [6.07, 6.45) is 1.17. The number of nitrogens with zero attached hydrogens (tertiary/aromatic N) is 1. The number of nitrogens with one attached hydrogen (secondary N) is 1. The lowest BCUT2D eigenvalue weighted by molar-refractivity contribution is 0.203. The topological polar surface area (TPSA) is 24.5 Å². The van der Waals surface area contributed by atoms with Crippen molar-refractivity contribution in [3.63, 3.8) is 0 Å². The number of hydrogen-bond acceptors (Lipinski definition) is 3. The van der Waals surface area contributed by atoms with Gasteiger partial charge < -0.3 is 10.1 Å². The van der Waals surface area contributed by atoms with Crippen LogP contribution in [0.2, 0.25) is 0 Å². The predicted octanol–water partition coefficient (Wildman–Crippen LogP) is 3.99. The summed E-state index contributed by atoms with van der Waals surface area (Å²) in [6.45, 7) is 14.1. The minimum atomic E-state index is 0.373. The van der Waals surface area contributed by atoms with Crippen LogP contribution in [0, 0.1) is 0 Å². The van der Waals surface area contributed by atoms with Crippen molar-refractivity contribution in [1.82, 2.24) is 10.2 Å². The van der Waals surface area contributed by atoms with E-state index >= 15 is 0 Å². The zero-order chi connectivity index (χ0) is 15.8. The molecule has 1 rings (SSSR count). The highest BCUT2D eigenvalue weighted by Crippen LogP contribution is 2.25. The molecule has 0 bridgehead atoms. The maximum Gasteiger partial charge on any atom is 0.123 e. The summed E-state index contributed by atoms with van der Waals surface area (Å²) in [5.74, 6) is 0.990. The zero-order valence-electron chi connectivity index (χ0n) is 14.6. The van der Waals surface area contributed by atoms with Gasteiger partial charge in [0.25, 0.3) is 0 Å². The number of methoxy groups -OCH3 is 1. The number of benzene rings is 1. The largest absolute Gasteiger partial charge is 0.496 e. The molecule has 21 heavy (non-hydrogen) atoms. The molecule has 0 aliphatic carbocycles. The number of ether oxygens (including phenoxy) is 1. The Hall–Kier alpha value is -1.06. The van der Waals surface area contributed by atoms with Crippen LogP contribution in [0.1, 0.15) is 58.2 Å². The van der Waals surface area contributed by atoms with Gasteiger partial charge in [-0.1, -0.05) is 26.8 Å². The fourth-order valence-corrected chi connectivity index (χ4v) is 2.67. The van der Waals surface area contributed by atoms with Gasteiger partial charge in [0.2, 0.25) is 0 Å². The quantitative estimate of drug-likeness (QED) is 0.745. The van der Waals surface area contributed by atoms with E-state index in [1.807, 2.05) is 0 Å².